The molecular weight excluding hydrogens is 290 g/mol. The van der Waals surface area contributed by atoms with Crippen molar-refractivity contribution >= 4 is 37.9 Å². The smallest absolute Gasteiger partial charge is 0.138 e. The maximum atomic E-state index is 13.3. The molecule has 0 atom stereocenters. The van der Waals surface area contributed by atoms with Crippen LogP contribution >= 0.6 is 15.9 Å². The molecule has 3 rings (SSSR count). The first kappa shape index (κ1) is 10.7. The third-order valence-electron chi connectivity index (χ3n) is 2.73. The van der Waals surface area contributed by atoms with Gasteiger partial charge < -0.3 is 4.42 Å². The van der Waals surface area contributed by atoms with Gasteiger partial charge in [-0.2, -0.15) is 0 Å². The van der Waals surface area contributed by atoms with Gasteiger partial charge in [-0.1, -0.05) is 15.9 Å². The first-order chi connectivity index (χ1) is 8.19. The van der Waals surface area contributed by atoms with Gasteiger partial charge in [-0.25, -0.2) is 8.78 Å². The van der Waals surface area contributed by atoms with Gasteiger partial charge >= 0.3 is 0 Å². The van der Waals surface area contributed by atoms with Gasteiger partial charge in [-0.05, 0) is 23.8 Å². The van der Waals surface area contributed by atoms with Crippen LogP contribution in [0.3, 0.4) is 0 Å². The normalized spacial score (nSPS) is 11.5. The minimum absolute atomic E-state index is 0.355. The SMILES string of the molecule is Fc1ccc2c(c1)oc1cc(F)cc(CBr)c12. The molecule has 3 aromatic rings. The summed E-state index contributed by atoms with van der Waals surface area (Å²) >= 11 is 3.32. The Kier molecular flexibility index (Phi) is 2.40. The summed E-state index contributed by atoms with van der Waals surface area (Å²) in [4.78, 5) is 0. The van der Waals surface area contributed by atoms with E-state index in [4.69, 9.17) is 4.42 Å². The van der Waals surface area contributed by atoms with E-state index in [-0.39, 0.29) is 11.6 Å². The highest BCUT2D eigenvalue weighted by atomic mass is 79.9. The zero-order chi connectivity index (χ0) is 12.0. The monoisotopic (exact) mass is 296 g/mol. The number of furan rings is 1. The van der Waals surface area contributed by atoms with Crippen molar-refractivity contribution in [2.45, 2.75) is 5.33 Å². The average molecular weight is 297 g/mol. The standard InChI is InChI=1S/C13H7BrF2O/c14-6-7-3-9(16)5-12-13(7)10-2-1-8(15)4-11(10)17-12/h1-5H,6H2. The minimum Gasteiger partial charge on any atom is -0.456 e. The van der Waals surface area contributed by atoms with Crippen molar-refractivity contribution < 1.29 is 13.2 Å². The minimum atomic E-state index is -0.363. The van der Waals surface area contributed by atoms with Crippen molar-refractivity contribution in [1.82, 2.24) is 0 Å². The molecule has 0 saturated carbocycles. The molecule has 17 heavy (non-hydrogen) atoms. The summed E-state index contributed by atoms with van der Waals surface area (Å²) in [7, 11) is 0. The number of fused-ring (bicyclic) bond motifs is 3. The predicted molar refractivity (Wildman–Crippen MR) is 66.3 cm³/mol. The fourth-order valence-corrected chi connectivity index (χ4v) is 2.48. The van der Waals surface area contributed by atoms with Crippen LogP contribution in [0.2, 0.25) is 0 Å². The zero-order valence-corrected chi connectivity index (χ0v) is 10.2. The van der Waals surface area contributed by atoms with Crippen molar-refractivity contribution in [3.63, 3.8) is 0 Å². The molecule has 0 aliphatic rings. The van der Waals surface area contributed by atoms with Gasteiger partial charge in [0.15, 0.2) is 0 Å². The van der Waals surface area contributed by atoms with Gasteiger partial charge in [0.25, 0.3) is 0 Å². The molecule has 0 unspecified atom stereocenters. The molecule has 0 aliphatic carbocycles. The van der Waals surface area contributed by atoms with Crippen LogP contribution in [0.25, 0.3) is 21.9 Å². The highest BCUT2D eigenvalue weighted by Gasteiger charge is 2.12. The van der Waals surface area contributed by atoms with E-state index in [1.54, 1.807) is 6.07 Å². The van der Waals surface area contributed by atoms with Crippen LogP contribution in [0.15, 0.2) is 34.7 Å². The van der Waals surface area contributed by atoms with Crippen LogP contribution in [0.4, 0.5) is 8.78 Å². The lowest BCUT2D eigenvalue weighted by Gasteiger charge is -1.98. The number of hydrogen-bond acceptors (Lipinski definition) is 1. The third kappa shape index (κ3) is 1.63. The molecule has 0 bridgehead atoms. The van der Waals surface area contributed by atoms with Gasteiger partial charge in [-0.3, -0.25) is 0 Å². The van der Waals surface area contributed by atoms with Crippen LogP contribution in [0.1, 0.15) is 5.56 Å². The van der Waals surface area contributed by atoms with Crippen molar-refractivity contribution in [2.24, 2.45) is 0 Å². The van der Waals surface area contributed by atoms with Crippen molar-refractivity contribution in [2.75, 3.05) is 0 Å². The van der Waals surface area contributed by atoms with E-state index in [2.05, 4.69) is 15.9 Å². The topological polar surface area (TPSA) is 13.1 Å². The molecule has 0 spiro atoms. The van der Waals surface area contributed by atoms with Crippen LogP contribution in [-0.4, -0.2) is 0 Å². The first-order valence-corrected chi connectivity index (χ1v) is 6.17. The van der Waals surface area contributed by atoms with Crippen LogP contribution in [0.5, 0.6) is 0 Å². The lowest BCUT2D eigenvalue weighted by molar-refractivity contribution is 0.610. The van der Waals surface area contributed by atoms with Crippen molar-refractivity contribution in [3.05, 3.63) is 47.5 Å². The maximum absolute atomic E-state index is 13.3. The van der Waals surface area contributed by atoms with E-state index in [0.717, 1.165) is 16.3 Å². The second-order valence-electron chi connectivity index (χ2n) is 3.81. The van der Waals surface area contributed by atoms with E-state index in [1.165, 1.54) is 24.3 Å². The second-order valence-corrected chi connectivity index (χ2v) is 4.37. The number of hydrogen-bond donors (Lipinski definition) is 0. The Morgan fingerprint density at radius 1 is 1.00 bits per heavy atom. The molecule has 0 saturated heterocycles. The number of benzene rings is 2. The summed E-state index contributed by atoms with van der Waals surface area (Å²) in [5.74, 6) is -0.719. The van der Waals surface area contributed by atoms with Gasteiger partial charge in [0.1, 0.15) is 22.8 Å². The summed E-state index contributed by atoms with van der Waals surface area (Å²) < 4.78 is 31.9. The van der Waals surface area contributed by atoms with E-state index < -0.39 is 0 Å². The van der Waals surface area contributed by atoms with Gasteiger partial charge in [-0.15, -0.1) is 0 Å². The molecule has 0 radical (unpaired) electrons. The van der Waals surface area contributed by atoms with E-state index in [0.29, 0.717) is 16.5 Å². The van der Waals surface area contributed by atoms with E-state index in [1.807, 2.05) is 0 Å². The van der Waals surface area contributed by atoms with Gasteiger partial charge in [0, 0.05) is 28.2 Å². The Bertz CT molecular complexity index is 718. The lowest BCUT2D eigenvalue weighted by Crippen LogP contribution is -1.82. The molecule has 86 valence electrons. The van der Waals surface area contributed by atoms with Crippen LogP contribution < -0.4 is 0 Å². The number of rotatable bonds is 1. The maximum Gasteiger partial charge on any atom is 0.138 e. The molecule has 0 fully saturated rings. The Hall–Kier alpha value is -1.42. The Labute approximate surface area is 104 Å². The summed E-state index contributed by atoms with van der Waals surface area (Å²) in [6, 6.07) is 7.11. The Balaban J connectivity index is 2.51. The van der Waals surface area contributed by atoms with Crippen molar-refractivity contribution in [3.8, 4) is 0 Å². The van der Waals surface area contributed by atoms with Crippen LogP contribution in [-0.2, 0) is 5.33 Å². The molecule has 0 aliphatic heterocycles. The predicted octanol–water partition coefficient (Wildman–Crippen LogP) is 4.76. The second kappa shape index (κ2) is 3.81. The highest BCUT2D eigenvalue weighted by Crippen LogP contribution is 2.33. The molecule has 0 amide bonds. The molecule has 1 nitrogen and oxygen atoms in total. The first-order valence-electron chi connectivity index (χ1n) is 5.05. The fraction of sp³-hybridized carbons (Fsp3) is 0.0769. The summed E-state index contributed by atoms with van der Waals surface area (Å²) in [6.07, 6.45) is 0. The number of halogens is 3. The molecule has 1 heterocycles. The largest absolute Gasteiger partial charge is 0.456 e. The quantitative estimate of drug-likeness (QED) is 0.590. The number of alkyl halides is 1. The lowest BCUT2D eigenvalue weighted by atomic mass is 10.1. The van der Waals surface area contributed by atoms with Gasteiger partial charge in [0.2, 0.25) is 0 Å². The Morgan fingerprint density at radius 3 is 2.53 bits per heavy atom. The highest BCUT2D eigenvalue weighted by molar-refractivity contribution is 9.08. The van der Waals surface area contributed by atoms with E-state index in [9.17, 15) is 8.78 Å². The van der Waals surface area contributed by atoms with Crippen LogP contribution in [0, 0.1) is 11.6 Å². The summed E-state index contributed by atoms with van der Waals surface area (Å²) in [5.41, 5.74) is 1.68. The summed E-state index contributed by atoms with van der Waals surface area (Å²) in [6.45, 7) is 0. The molecule has 0 N–H and O–H groups in total. The molecule has 2 aromatic carbocycles. The van der Waals surface area contributed by atoms with Gasteiger partial charge in [0.05, 0.1) is 0 Å². The third-order valence-corrected chi connectivity index (χ3v) is 3.33. The fourth-order valence-electron chi connectivity index (χ4n) is 2.03. The Morgan fingerprint density at radius 2 is 1.76 bits per heavy atom. The van der Waals surface area contributed by atoms with Crippen molar-refractivity contribution in [1.29, 1.82) is 0 Å². The molecular formula is C13H7BrF2O. The molecule has 1 aromatic heterocycles. The van der Waals surface area contributed by atoms with E-state index >= 15 is 0 Å². The zero-order valence-electron chi connectivity index (χ0n) is 8.64. The molecule has 4 heteroatoms. The average Bonchev–Trinajstić information content (AvgIpc) is 2.64. The summed E-state index contributed by atoms with van der Waals surface area (Å²) in [5, 5.41) is 2.15.